The van der Waals surface area contributed by atoms with Crippen molar-refractivity contribution in [2.24, 2.45) is 0 Å². The lowest BCUT2D eigenvalue weighted by Crippen LogP contribution is -2.36. The number of hydrogen-bond acceptors (Lipinski definition) is 9. The van der Waals surface area contributed by atoms with Crippen molar-refractivity contribution in [3.8, 4) is 17.2 Å². The highest BCUT2D eigenvalue weighted by Gasteiger charge is 2.47. The van der Waals surface area contributed by atoms with E-state index in [1.807, 2.05) is 31.3 Å². The number of likely N-dealkylation sites (N-methyl/N-ethyl adjacent to an activating group) is 1. The van der Waals surface area contributed by atoms with Crippen LogP contribution < -0.4 is 5.32 Å². The van der Waals surface area contributed by atoms with Crippen LogP contribution in [0.4, 0.5) is 11.8 Å². The average molecular weight is 446 g/mol. The average Bonchev–Trinajstić information content (AvgIpc) is 3.57. The summed E-state index contributed by atoms with van der Waals surface area (Å²) in [5.41, 5.74) is -0.257. The van der Waals surface area contributed by atoms with E-state index in [-0.39, 0.29) is 18.0 Å². The van der Waals surface area contributed by atoms with Gasteiger partial charge >= 0.3 is 0 Å². The number of likely N-dealkylation sites (tertiary alicyclic amines) is 1. The van der Waals surface area contributed by atoms with Crippen LogP contribution in [-0.4, -0.2) is 69.2 Å². The second-order valence-corrected chi connectivity index (χ2v) is 7.71. The number of aryl methyl sites for hydroxylation is 1. The molecule has 12 heteroatoms. The summed E-state index contributed by atoms with van der Waals surface area (Å²) in [6, 6.07) is 9.00. The van der Waals surface area contributed by atoms with E-state index in [9.17, 15) is 9.90 Å². The molecule has 0 bridgehead atoms. The van der Waals surface area contributed by atoms with Crippen LogP contribution in [-0.2, 0) is 16.9 Å². The first kappa shape index (κ1) is 20.7. The van der Waals surface area contributed by atoms with Gasteiger partial charge in [-0.2, -0.15) is 5.10 Å². The fraction of sp³-hybridized carbons (Fsp3) is 0.286. The molecular weight excluding hydrogens is 424 g/mol. The quantitative estimate of drug-likeness (QED) is 0.446. The Morgan fingerprint density at radius 2 is 2.03 bits per heavy atom. The molecule has 0 aliphatic carbocycles. The summed E-state index contributed by atoms with van der Waals surface area (Å²) in [4.78, 5) is 27.2. The lowest BCUT2D eigenvalue weighted by atomic mass is 9.99. The first-order chi connectivity index (χ1) is 16.0. The molecule has 1 atom stereocenters. The van der Waals surface area contributed by atoms with Crippen LogP contribution in [0.15, 0.2) is 48.9 Å². The molecule has 1 aliphatic heterocycles. The highest BCUT2D eigenvalue weighted by molar-refractivity contribution is 5.87. The summed E-state index contributed by atoms with van der Waals surface area (Å²) in [5, 5.41) is 26.4. The van der Waals surface area contributed by atoms with E-state index in [1.54, 1.807) is 30.1 Å². The van der Waals surface area contributed by atoms with Gasteiger partial charge in [-0.1, -0.05) is 11.3 Å². The summed E-state index contributed by atoms with van der Waals surface area (Å²) >= 11 is 0. The highest BCUT2D eigenvalue weighted by atomic mass is 16.3. The largest absolute Gasteiger partial charge is 0.374 e. The van der Waals surface area contributed by atoms with E-state index >= 15 is 0 Å². The maximum absolute atomic E-state index is 12.4. The normalized spacial score (nSPS) is 18.2. The number of aliphatic hydroxyl groups is 1. The lowest BCUT2D eigenvalue weighted by molar-refractivity contribution is -0.143. The van der Waals surface area contributed by atoms with Crippen molar-refractivity contribution in [2.75, 3.05) is 18.9 Å². The fourth-order valence-corrected chi connectivity index (χ4v) is 3.63. The Bertz CT molecular complexity index is 1320. The number of nitrogens with one attached hydrogen (secondary N) is 1. The van der Waals surface area contributed by atoms with Crippen molar-refractivity contribution >= 4 is 17.7 Å². The van der Waals surface area contributed by atoms with Crippen LogP contribution >= 0.6 is 0 Å². The van der Waals surface area contributed by atoms with E-state index < -0.39 is 5.60 Å². The molecule has 4 aromatic heterocycles. The van der Waals surface area contributed by atoms with Gasteiger partial charge in [-0.05, 0) is 25.1 Å². The van der Waals surface area contributed by atoms with Crippen molar-refractivity contribution in [1.82, 2.24) is 44.6 Å². The summed E-state index contributed by atoms with van der Waals surface area (Å²) in [7, 11) is 1.65. The molecule has 5 rings (SSSR count). The predicted molar refractivity (Wildman–Crippen MR) is 118 cm³/mol. The molecule has 1 amide bonds. The number of carbonyl (C=O) groups excluding carboxylic acids is 1. The minimum absolute atomic E-state index is 0.198. The Kier molecular flexibility index (Phi) is 5.05. The number of carbonyl (C=O) groups is 1. The van der Waals surface area contributed by atoms with Crippen molar-refractivity contribution in [1.29, 1.82) is 0 Å². The Morgan fingerprint density at radius 1 is 1.18 bits per heavy atom. The standard InChI is InChI=1S/C21H22N10O2/c1-3-30-11-8-17(27-30)25-20-22-10-7-15(24-20)14-5-4-6-18(23-14)31-13-16(26-28-31)21(33)9-12-29(2)19(21)32/h4-8,10-11,13,33H,3,9,12H2,1-2H3,(H,22,24,25,27). The van der Waals surface area contributed by atoms with Crippen LogP contribution in [0, 0.1) is 0 Å². The Labute approximate surface area is 188 Å². The van der Waals surface area contributed by atoms with Crippen molar-refractivity contribution < 1.29 is 9.90 Å². The third-order valence-electron chi connectivity index (χ3n) is 5.52. The Hall–Kier alpha value is -4.19. The summed E-state index contributed by atoms with van der Waals surface area (Å²) in [6.07, 6.45) is 5.31. The molecule has 0 saturated carbocycles. The minimum atomic E-state index is -1.66. The number of rotatable bonds is 6. The molecule has 168 valence electrons. The van der Waals surface area contributed by atoms with Crippen LogP contribution in [0.5, 0.6) is 0 Å². The lowest BCUT2D eigenvalue weighted by Gasteiger charge is -2.17. The number of nitrogens with zero attached hydrogens (tertiary/aromatic N) is 9. The van der Waals surface area contributed by atoms with Gasteiger partial charge in [-0.25, -0.2) is 19.6 Å². The molecule has 1 unspecified atom stereocenters. The minimum Gasteiger partial charge on any atom is -0.374 e. The molecule has 2 N–H and O–H groups in total. The van der Waals surface area contributed by atoms with E-state index in [4.69, 9.17) is 0 Å². The highest BCUT2D eigenvalue weighted by Crippen LogP contribution is 2.31. The third-order valence-corrected chi connectivity index (χ3v) is 5.52. The van der Waals surface area contributed by atoms with Crippen LogP contribution in [0.2, 0.25) is 0 Å². The van der Waals surface area contributed by atoms with Gasteiger partial charge in [0, 0.05) is 45.0 Å². The Morgan fingerprint density at radius 3 is 2.79 bits per heavy atom. The first-order valence-electron chi connectivity index (χ1n) is 10.5. The second-order valence-electron chi connectivity index (χ2n) is 7.71. The molecule has 5 heterocycles. The van der Waals surface area contributed by atoms with Crippen LogP contribution in [0.3, 0.4) is 0 Å². The van der Waals surface area contributed by atoms with Gasteiger partial charge in [-0.3, -0.25) is 9.48 Å². The van der Waals surface area contributed by atoms with E-state index in [0.29, 0.717) is 35.5 Å². The smallest absolute Gasteiger partial charge is 0.260 e. The van der Waals surface area contributed by atoms with Crippen molar-refractivity contribution in [3.05, 3.63) is 54.6 Å². The SMILES string of the molecule is CCn1ccc(Nc2nccc(-c3cccc(-n4cc(C5(O)CCN(C)C5=O)nn4)n3)n2)n1. The van der Waals surface area contributed by atoms with Crippen molar-refractivity contribution in [2.45, 2.75) is 25.5 Å². The Balaban J connectivity index is 1.40. The van der Waals surface area contributed by atoms with Gasteiger partial charge in [0.25, 0.3) is 5.91 Å². The van der Waals surface area contributed by atoms with Gasteiger partial charge in [-0.15, -0.1) is 5.10 Å². The molecule has 4 aromatic rings. The van der Waals surface area contributed by atoms with E-state index in [0.717, 1.165) is 6.54 Å². The second kappa shape index (κ2) is 8.06. The summed E-state index contributed by atoms with van der Waals surface area (Å²) in [6.45, 7) is 3.24. The molecule has 0 radical (unpaired) electrons. The van der Waals surface area contributed by atoms with Crippen molar-refractivity contribution in [3.63, 3.8) is 0 Å². The summed E-state index contributed by atoms with van der Waals surface area (Å²) < 4.78 is 3.23. The molecule has 0 spiro atoms. The summed E-state index contributed by atoms with van der Waals surface area (Å²) in [5.74, 6) is 1.13. The molecular formula is C21H22N10O2. The molecule has 1 aliphatic rings. The number of hydrogen-bond donors (Lipinski definition) is 2. The van der Waals surface area contributed by atoms with E-state index in [1.165, 1.54) is 15.8 Å². The maximum atomic E-state index is 12.4. The zero-order valence-corrected chi connectivity index (χ0v) is 18.1. The van der Waals surface area contributed by atoms with Gasteiger partial charge in [0.15, 0.2) is 17.2 Å². The van der Waals surface area contributed by atoms with E-state index in [2.05, 4.69) is 35.7 Å². The zero-order valence-electron chi connectivity index (χ0n) is 18.1. The number of aromatic nitrogens is 8. The number of pyridine rings is 1. The first-order valence-corrected chi connectivity index (χ1v) is 10.5. The maximum Gasteiger partial charge on any atom is 0.260 e. The topological polar surface area (TPSA) is 140 Å². The molecule has 33 heavy (non-hydrogen) atoms. The van der Waals surface area contributed by atoms with Gasteiger partial charge < -0.3 is 15.3 Å². The van der Waals surface area contributed by atoms with Gasteiger partial charge in [0.2, 0.25) is 5.95 Å². The fourth-order valence-electron chi connectivity index (χ4n) is 3.63. The number of anilines is 2. The number of amides is 1. The molecule has 12 nitrogen and oxygen atoms in total. The zero-order chi connectivity index (χ0) is 23.0. The molecule has 0 aromatic carbocycles. The third kappa shape index (κ3) is 3.80. The molecule has 1 saturated heterocycles. The van der Waals surface area contributed by atoms with Gasteiger partial charge in [0.05, 0.1) is 17.6 Å². The monoisotopic (exact) mass is 446 g/mol. The molecule has 1 fully saturated rings. The van der Waals surface area contributed by atoms with Crippen LogP contribution in [0.1, 0.15) is 19.0 Å². The van der Waals surface area contributed by atoms with Crippen LogP contribution in [0.25, 0.3) is 17.2 Å². The predicted octanol–water partition coefficient (Wildman–Crippen LogP) is 1.13. The van der Waals surface area contributed by atoms with Gasteiger partial charge in [0.1, 0.15) is 5.69 Å².